The van der Waals surface area contributed by atoms with Gasteiger partial charge in [-0.15, -0.1) is 0 Å². The van der Waals surface area contributed by atoms with Crippen molar-refractivity contribution in [1.29, 1.82) is 0 Å². The number of carbonyl (C=O) groups excluding carboxylic acids is 2. The van der Waals surface area contributed by atoms with Crippen molar-refractivity contribution in [2.45, 2.75) is 53.7 Å². The zero-order valence-electron chi connectivity index (χ0n) is 16.4. The smallest absolute Gasteiger partial charge is 0.339 e. The van der Waals surface area contributed by atoms with Gasteiger partial charge in [0.1, 0.15) is 11.5 Å². The summed E-state index contributed by atoms with van der Waals surface area (Å²) in [6, 6.07) is 3.62. The van der Waals surface area contributed by atoms with Crippen LogP contribution in [0, 0.1) is 13.8 Å². The number of esters is 1. The van der Waals surface area contributed by atoms with Gasteiger partial charge in [0, 0.05) is 11.6 Å². The summed E-state index contributed by atoms with van der Waals surface area (Å²) in [5.74, 6) is 0.683. The highest BCUT2D eigenvalue weighted by molar-refractivity contribution is 6.04. The average molecular weight is 369 g/mol. The highest BCUT2D eigenvalue weighted by Gasteiger charge is 2.23. The fraction of sp³-hybridized carbons (Fsp3) is 0.400. The van der Waals surface area contributed by atoms with Crippen LogP contribution in [0.5, 0.6) is 0 Å². The minimum Gasteiger partial charge on any atom is -0.466 e. The molecule has 0 radical (unpaired) electrons. The van der Waals surface area contributed by atoms with Gasteiger partial charge in [0.2, 0.25) is 0 Å². The molecule has 3 rings (SSSR count). The molecular weight excluding hydrogens is 346 g/mol. The lowest BCUT2D eigenvalue weighted by molar-refractivity contribution is -0.124. The lowest BCUT2D eigenvalue weighted by Gasteiger charge is -2.12. The monoisotopic (exact) mass is 369 g/mol. The number of hydrogen-bond acceptors (Lipinski definition) is 6. The van der Waals surface area contributed by atoms with Gasteiger partial charge in [-0.25, -0.2) is 14.5 Å². The van der Waals surface area contributed by atoms with Gasteiger partial charge in [-0.2, -0.15) is 5.10 Å². The van der Waals surface area contributed by atoms with Crippen LogP contribution >= 0.6 is 0 Å². The largest absolute Gasteiger partial charge is 0.466 e. The van der Waals surface area contributed by atoms with Crippen LogP contribution < -0.4 is 0 Å². The maximum atomic E-state index is 12.8. The Morgan fingerprint density at radius 2 is 1.89 bits per heavy atom. The van der Waals surface area contributed by atoms with E-state index in [0.29, 0.717) is 28.1 Å². The van der Waals surface area contributed by atoms with E-state index < -0.39 is 12.1 Å². The van der Waals surface area contributed by atoms with Crippen LogP contribution in [0.3, 0.4) is 0 Å². The van der Waals surface area contributed by atoms with Crippen molar-refractivity contribution in [3.8, 4) is 11.3 Å². The summed E-state index contributed by atoms with van der Waals surface area (Å²) in [6.07, 6.45) is 0.788. The predicted molar refractivity (Wildman–Crippen MR) is 101 cm³/mol. The van der Waals surface area contributed by atoms with Crippen molar-refractivity contribution in [3.63, 3.8) is 0 Å². The maximum absolute atomic E-state index is 12.8. The van der Waals surface area contributed by atoms with Gasteiger partial charge in [-0.1, -0.05) is 0 Å². The van der Waals surface area contributed by atoms with Crippen LogP contribution in [0.25, 0.3) is 22.3 Å². The van der Waals surface area contributed by atoms with Crippen molar-refractivity contribution in [2.75, 3.05) is 0 Å². The van der Waals surface area contributed by atoms with Crippen LogP contribution in [-0.2, 0) is 9.53 Å². The number of nitrogens with zero attached hydrogens (tertiary/aromatic N) is 3. The predicted octanol–water partition coefficient (Wildman–Crippen LogP) is 4.02. The third kappa shape index (κ3) is 3.49. The Hall–Kier alpha value is -2.96. The van der Waals surface area contributed by atoms with Crippen molar-refractivity contribution in [1.82, 2.24) is 14.8 Å². The van der Waals surface area contributed by atoms with Gasteiger partial charge < -0.3 is 9.15 Å². The average Bonchev–Trinajstić information content (AvgIpc) is 3.16. The number of ketones is 1. The molecule has 7 nitrogen and oxygen atoms in total. The topological polar surface area (TPSA) is 87.2 Å². The first kappa shape index (κ1) is 18.8. The molecule has 3 aromatic heterocycles. The molecule has 0 unspecified atom stereocenters. The van der Waals surface area contributed by atoms with E-state index in [1.54, 1.807) is 23.9 Å². The van der Waals surface area contributed by atoms with E-state index in [1.165, 1.54) is 6.92 Å². The van der Waals surface area contributed by atoms with Crippen molar-refractivity contribution < 1.29 is 18.7 Å². The van der Waals surface area contributed by atoms with Crippen LogP contribution in [0.15, 0.2) is 22.7 Å². The molecule has 0 amide bonds. The highest BCUT2D eigenvalue weighted by atomic mass is 16.5. The van der Waals surface area contributed by atoms with E-state index >= 15 is 0 Å². The molecular formula is C20H23N3O4. The SMILES string of the molecule is CC(=O)[C@@H](C)OC(=O)c1cc(-c2cc(C)oc2C)nc2c1cnn2C(C)C. The van der Waals surface area contributed by atoms with E-state index in [1.807, 2.05) is 33.8 Å². The lowest BCUT2D eigenvalue weighted by atomic mass is 10.1. The highest BCUT2D eigenvalue weighted by Crippen LogP contribution is 2.30. The lowest BCUT2D eigenvalue weighted by Crippen LogP contribution is -2.22. The minimum atomic E-state index is -0.817. The van der Waals surface area contributed by atoms with E-state index in [9.17, 15) is 9.59 Å². The molecule has 27 heavy (non-hydrogen) atoms. The van der Waals surface area contributed by atoms with Crippen molar-refractivity contribution in [3.05, 3.63) is 35.4 Å². The van der Waals surface area contributed by atoms with Gasteiger partial charge in [-0.3, -0.25) is 4.79 Å². The molecule has 1 atom stereocenters. The zero-order valence-corrected chi connectivity index (χ0v) is 16.4. The van der Waals surface area contributed by atoms with Gasteiger partial charge in [0.15, 0.2) is 17.5 Å². The number of aryl methyl sites for hydroxylation is 2. The van der Waals surface area contributed by atoms with Gasteiger partial charge in [-0.05, 0) is 53.7 Å². The Labute approximate surface area is 157 Å². The molecule has 0 aliphatic rings. The number of rotatable bonds is 5. The number of fused-ring (bicyclic) bond motifs is 1. The number of ether oxygens (including phenoxy) is 1. The molecule has 0 aromatic carbocycles. The first-order valence-electron chi connectivity index (χ1n) is 8.86. The standard InChI is InChI=1S/C20H23N3O4/c1-10(2)23-19-17(9-21-23)16(20(25)27-13(5)12(4)24)8-18(22-19)15-7-11(3)26-14(15)6/h7-10,13H,1-6H3/t13-/m1/s1. The molecule has 0 N–H and O–H groups in total. The number of furan rings is 1. The summed E-state index contributed by atoms with van der Waals surface area (Å²) < 4.78 is 12.7. The minimum absolute atomic E-state index is 0.0671. The molecule has 0 fully saturated rings. The summed E-state index contributed by atoms with van der Waals surface area (Å²) in [5, 5.41) is 4.96. The summed E-state index contributed by atoms with van der Waals surface area (Å²) in [7, 11) is 0. The molecule has 0 aliphatic carbocycles. The first-order valence-corrected chi connectivity index (χ1v) is 8.86. The second kappa shape index (κ2) is 6.98. The third-order valence-corrected chi connectivity index (χ3v) is 4.45. The van der Waals surface area contributed by atoms with Gasteiger partial charge in [0.05, 0.1) is 22.8 Å². The molecule has 3 aromatic rings. The number of hydrogen-bond donors (Lipinski definition) is 0. The Morgan fingerprint density at radius 3 is 2.44 bits per heavy atom. The Morgan fingerprint density at radius 1 is 1.19 bits per heavy atom. The molecule has 0 saturated carbocycles. The number of carbonyl (C=O) groups is 2. The fourth-order valence-electron chi connectivity index (χ4n) is 2.89. The first-order chi connectivity index (χ1) is 12.7. The van der Waals surface area contributed by atoms with Gasteiger partial charge in [0.25, 0.3) is 0 Å². The molecule has 0 aliphatic heterocycles. The Kier molecular flexibility index (Phi) is 4.87. The molecule has 7 heteroatoms. The summed E-state index contributed by atoms with van der Waals surface area (Å²) in [4.78, 5) is 29.0. The fourth-order valence-corrected chi connectivity index (χ4v) is 2.89. The third-order valence-electron chi connectivity index (χ3n) is 4.45. The summed E-state index contributed by atoms with van der Waals surface area (Å²) >= 11 is 0. The number of pyridine rings is 1. The number of aromatic nitrogens is 3. The quantitative estimate of drug-likeness (QED) is 0.631. The van der Waals surface area contributed by atoms with Crippen molar-refractivity contribution >= 4 is 22.8 Å². The molecule has 3 heterocycles. The Balaban J connectivity index is 2.20. The Bertz CT molecular complexity index is 1030. The van der Waals surface area contributed by atoms with Gasteiger partial charge >= 0.3 is 5.97 Å². The molecule has 0 bridgehead atoms. The molecule has 142 valence electrons. The van der Waals surface area contributed by atoms with Crippen LogP contribution in [0.1, 0.15) is 55.6 Å². The van der Waals surface area contributed by atoms with E-state index in [0.717, 1.165) is 11.3 Å². The zero-order chi connectivity index (χ0) is 19.9. The van der Waals surface area contributed by atoms with E-state index in [2.05, 4.69) is 5.10 Å². The second-order valence-corrected chi connectivity index (χ2v) is 6.96. The molecule has 0 saturated heterocycles. The summed E-state index contributed by atoms with van der Waals surface area (Å²) in [5.41, 5.74) is 2.32. The van der Waals surface area contributed by atoms with E-state index in [4.69, 9.17) is 14.1 Å². The van der Waals surface area contributed by atoms with E-state index in [-0.39, 0.29) is 11.8 Å². The van der Waals surface area contributed by atoms with Crippen LogP contribution in [-0.4, -0.2) is 32.6 Å². The normalized spacial score (nSPS) is 12.6. The van der Waals surface area contributed by atoms with Crippen molar-refractivity contribution in [2.24, 2.45) is 0 Å². The van der Waals surface area contributed by atoms with Crippen LogP contribution in [0.4, 0.5) is 0 Å². The summed E-state index contributed by atoms with van der Waals surface area (Å²) in [6.45, 7) is 10.6. The molecule has 0 spiro atoms. The van der Waals surface area contributed by atoms with Crippen LogP contribution in [0.2, 0.25) is 0 Å². The second-order valence-electron chi connectivity index (χ2n) is 6.96. The maximum Gasteiger partial charge on any atom is 0.339 e. The number of Topliss-reactive ketones (excluding diaryl/α,β-unsaturated/α-hetero) is 1.